The van der Waals surface area contributed by atoms with Gasteiger partial charge in [-0.1, -0.05) is 36.4 Å². The van der Waals surface area contributed by atoms with Crippen molar-refractivity contribution >= 4 is 23.2 Å². The lowest BCUT2D eigenvalue weighted by Gasteiger charge is -2.22. The number of aromatic nitrogens is 1. The zero-order valence-electron chi connectivity index (χ0n) is 15.8. The number of anilines is 2. The zero-order valence-corrected chi connectivity index (χ0v) is 15.8. The molecule has 2 amide bonds. The van der Waals surface area contributed by atoms with Gasteiger partial charge in [-0.3, -0.25) is 14.6 Å². The molecule has 0 saturated carbocycles. The van der Waals surface area contributed by atoms with E-state index >= 15 is 0 Å². The summed E-state index contributed by atoms with van der Waals surface area (Å²) in [6, 6.07) is 18.7. The molecule has 1 aliphatic heterocycles. The van der Waals surface area contributed by atoms with Crippen molar-refractivity contribution in [1.82, 2.24) is 4.98 Å². The predicted octanol–water partition coefficient (Wildman–Crippen LogP) is 4.23. The number of hydrogen-bond donors (Lipinski definition) is 1. The van der Waals surface area contributed by atoms with Gasteiger partial charge < -0.3 is 10.2 Å². The average molecular weight is 371 g/mol. The highest BCUT2D eigenvalue weighted by molar-refractivity contribution is 6.09. The Bertz CT molecular complexity index is 1060. The highest BCUT2D eigenvalue weighted by atomic mass is 16.2. The standard InChI is InChI=1S/C23H21N3O2/c1-15-7-3-5-9-19(15)25-22(27)18-11-12-24-20(14-18)23(28)26-16(2)13-17-8-4-6-10-21(17)26/h3-12,14,16H,13H2,1-2H3,(H,25,27). The van der Waals surface area contributed by atoms with Crippen LogP contribution in [0.1, 0.15) is 38.9 Å². The van der Waals surface area contributed by atoms with E-state index in [1.807, 2.05) is 62.4 Å². The van der Waals surface area contributed by atoms with Crippen molar-refractivity contribution in [2.75, 3.05) is 10.2 Å². The number of amides is 2. The molecule has 28 heavy (non-hydrogen) atoms. The number of aryl methyl sites for hydroxylation is 1. The Morgan fingerprint density at radius 3 is 2.64 bits per heavy atom. The van der Waals surface area contributed by atoms with Crippen molar-refractivity contribution in [3.63, 3.8) is 0 Å². The molecule has 2 aromatic carbocycles. The number of benzene rings is 2. The maximum atomic E-state index is 13.1. The summed E-state index contributed by atoms with van der Waals surface area (Å²) < 4.78 is 0. The van der Waals surface area contributed by atoms with Crippen LogP contribution in [0, 0.1) is 6.92 Å². The third-order valence-electron chi connectivity index (χ3n) is 5.06. The van der Waals surface area contributed by atoms with Crippen LogP contribution in [0.5, 0.6) is 0 Å². The molecule has 0 saturated heterocycles. The third-order valence-corrected chi connectivity index (χ3v) is 5.06. The van der Waals surface area contributed by atoms with E-state index in [4.69, 9.17) is 0 Å². The summed E-state index contributed by atoms with van der Waals surface area (Å²) in [5.41, 5.74) is 4.46. The Morgan fingerprint density at radius 2 is 1.82 bits per heavy atom. The number of carbonyl (C=O) groups excluding carboxylic acids is 2. The second kappa shape index (κ2) is 7.27. The van der Waals surface area contributed by atoms with Gasteiger partial charge in [-0.25, -0.2) is 0 Å². The van der Waals surface area contributed by atoms with Crippen molar-refractivity contribution in [3.05, 3.63) is 89.2 Å². The quantitative estimate of drug-likeness (QED) is 0.749. The van der Waals surface area contributed by atoms with Crippen LogP contribution < -0.4 is 10.2 Å². The van der Waals surface area contributed by atoms with Gasteiger partial charge in [0.2, 0.25) is 0 Å². The van der Waals surface area contributed by atoms with Gasteiger partial charge in [0.15, 0.2) is 0 Å². The normalized spacial score (nSPS) is 15.2. The predicted molar refractivity (Wildman–Crippen MR) is 110 cm³/mol. The van der Waals surface area contributed by atoms with Crippen LogP contribution in [0.25, 0.3) is 0 Å². The fourth-order valence-corrected chi connectivity index (χ4v) is 3.59. The van der Waals surface area contributed by atoms with E-state index in [-0.39, 0.29) is 23.6 Å². The number of rotatable bonds is 3. The van der Waals surface area contributed by atoms with E-state index in [9.17, 15) is 9.59 Å². The Labute approximate surface area is 164 Å². The Balaban J connectivity index is 1.60. The maximum Gasteiger partial charge on any atom is 0.277 e. The highest BCUT2D eigenvalue weighted by Crippen LogP contribution is 2.32. The minimum Gasteiger partial charge on any atom is -0.322 e. The molecule has 1 unspecified atom stereocenters. The van der Waals surface area contributed by atoms with Gasteiger partial charge in [0.1, 0.15) is 5.69 Å². The first-order valence-corrected chi connectivity index (χ1v) is 9.29. The highest BCUT2D eigenvalue weighted by Gasteiger charge is 2.32. The molecule has 5 nitrogen and oxygen atoms in total. The van der Waals surface area contributed by atoms with Crippen LogP contribution in [0.15, 0.2) is 66.9 Å². The SMILES string of the molecule is Cc1ccccc1NC(=O)c1ccnc(C(=O)N2c3ccccc3CC2C)c1. The summed E-state index contributed by atoms with van der Waals surface area (Å²) in [5.74, 6) is -0.455. The summed E-state index contributed by atoms with van der Waals surface area (Å²) in [5, 5.41) is 2.89. The molecule has 0 aliphatic carbocycles. The van der Waals surface area contributed by atoms with E-state index < -0.39 is 0 Å². The van der Waals surface area contributed by atoms with Crippen molar-refractivity contribution < 1.29 is 9.59 Å². The fraction of sp³-hybridized carbons (Fsp3) is 0.174. The largest absolute Gasteiger partial charge is 0.322 e. The van der Waals surface area contributed by atoms with Crippen LogP contribution in [0.3, 0.4) is 0 Å². The first kappa shape index (κ1) is 17.9. The van der Waals surface area contributed by atoms with Gasteiger partial charge in [0.05, 0.1) is 0 Å². The molecule has 2 heterocycles. The molecular weight excluding hydrogens is 350 g/mol. The van der Waals surface area contributed by atoms with E-state index in [1.165, 1.54) is 6.20 Å². The number of nitrogens with zero attached hydrogens (tertiary/aromatic N) is 2. The number of nitrogens with one attached hydrogen (secondary N) is 1. The lowest BCUT2D eigenvalue weighted by Crippen LogP contribution is -2.36. The maximum absolute atomic E-state index is 13.1. The molecule has 5 heteroatoms. The zero-order chi connectivity index (χ0) is 19.7. The second-order valence-electron chi connectivity index (χ2n) is 7.06. The first-order chi connectivity index (χ1) is 13.5. The topological polar surface area (TPSA) is 62.3 Å². The van der Waals surface area contributed by atoms with Gasteiger partial charge in [-0.05, 0) is 55.7 Å². The van der Waals surface area contributed by atoms with Crippen LogP contribution in [-0.4, -0.2) is 22.8 Å². The number of hydrogen-bond acceptors (Lipinski definition) is 3. The van der Waals surface area contributed by atoms with Crippen LogP contribution in [0.4, 0.5) is 11.4 Å². The lowest BCUT2D eigenvalue weighted by molar-refractivity contribution is 0.0976. The molecule has 1 N–H and O–H groups in total. The summed E-state index contributed by atoms with van der Waals surface area (Å²) in [6.45, 7) is 3.95. The fourth-order valence-electron chi connectivity index (χ4n) is 3.59. The molecule has 0 fully saturated rings. The third kappa shape index (κ3) is 3.27. The van der Waals surface area contributed by atoms with E-state index in [0.29, 0.717) is 5.56 Å². The molecule has 0 bridgehead atoms. The van der Waals surface area contributed by atoms with E-state index in [1.54, 1.807) is 17.0 Å². The molecule has 140 valence electrons. The van der Waals surface area contributed by atoms with Crippen molar-refractivity contribution in [1.29, 1.82) is 0 Å². The van der Waals surface area contributed by atoms with Gasteiger partial charge in [-0.2, -0.15) is 0 Å². The molecule has 4 rings (SSSR count). The Hall–Kier alpha value is -3.47. The number of pyridine rings is 1. The van der Waals surface area contributed by atoms with Gasteiger partial charge in [0, 0.05) is 29.2 Å². The summed E-state index contributed by atoms with van der Waals surface area (Å²) in [7, 11) is 0. The van der Waals surface area contributed by atoms with E-state index in [2.05, 4.69) is 10.3 Å². The summed E-state index contributed by atoms with van der Waals surface area (Å²) in [4.78, 5) is 31.8. The van der Waals surface area contributed by atoms with Crippen LogP contribution in [0.2, 0.25) is 0 Å². The number of carbonyl (C=O) groups is 2. The van der Waals surface area contributed by atoms with Crippen molar-refractivity contribution in [2.45, 2.75) is 26.3 Å². The first-order valence-electron chi connectivity index (χ1n) is 9.29. The van der Waals surface area contributed by atoms with Gasteiger partial charge in [-0.15, -0.1) is 0 Å². The number of fused-ring (bicyclic) bond motifs is 1. The minimum atomic E-state index is -0.263. The lowest BCUT2D eigenvalue weighted by atomic mass is 10.1. The monoisotopic (exact) mass is 371 g/mol. The van der Waals surface area contributed by atoms with Gasteiger partial charge in [0.25, 0.3) is 11.8 Å². The number of para-hydroxylation sites is 2. The summed E-state index contributed by atoms with van der Waals surface area (Å²) >= 11 is 0. The molecule has 0 spiro atoms. The van der Waals surface area contributed by atoms with Crippen LogP contribution >= 0.6 is 0 Å². The van der Waals surface area contributed by atoms with Gasteiger partial charge >= 0.3 is 0 Å². The Morgan fingerprint density at radius 1 is 1.07 bits per heavy atom. The molecule has 1 atom stereocenters. The second-order valence-corrected chi connectivity index (χ2v) is 7.06. The van der Waals surface area contributed by atoms with E-state index in [0.717, 1.165) is 28.9 Å². The molecular formula is C23H21N3O2. The molecule has 0 radical (unpaired) electrons. The molecule has 1 aromatic heterocycles. The Kier molecular flexibility index (Phi) is 4.65. The average Bonchev–Trinajstić information content (AvgIpc) is 3.05. The van der Waals surface area contributed by atoms with Crippen molar-refractivity contribution in [2.24, 2.45) is 0 Å². The molecule has 3 aromatic rings. The minimum absolute atomic E-state index is 0.0520. The smallest absolute Gasteiger partial charge is 0.277 e. The van der Waals surface area contributed by atoms with Crippen molar-refractivity contribution in [3.8, 4) is 0 Å². The molecule has 1 aliphatic rings. The summed E-state index contributed by atoms with van der Waals surface area (Å²) in [6.07, 6.45) is 2.32. The van der Waals surface area contributed by atoms with Crippen LogP contribution in [-0.2, 0) is 6.42 Å².